The van der Waals surface area contributed by atoms with E-state index in [1.807, 2.05) is 6.07 Å². The van der Waals surface area contributed by atoms with E-state index in [0.717, 1.165) is 11.3 Å². The summed E-state index contributed by atoms with van der Waals surface area (Å²) in [7, 11) is 0. The van der Waals surface area contributed by atoms with Gasteiger partial charge in [-0.2, -0.15) is 5.26 Å². The van der Waals surface area contributed by atoms with Gasteiger partial charge in [0.25, 0.3) is 5.91 Å². The van der Waals surface area contributed by atoms with Crippen LogP contribution in [-0.2, 0) is 11.2 Å². The summed E-state index contributed by atoms with van der Waals surface area (Å²) >= 11 is 0. The zero-order chi connectivity index (χ0) is 14.8. The fourth-order valence-electron chi connectivity index (χ4n) is 2.24. The lowest BCUT2D eigenvalue weighted by atomic mass is 10.1. The minimum absolute atomic E-state index is 0.0655. The molecule has 0 saturated heterocycles. The Labute approximate surface area is 121 Å². The molecule has 3 rings (SSSR count). The number of nitrogens with zero attached hydrogens (tertiary/aromatic N) is 1. The second kappa shape index (κ2) is 5.10. The predicted molar refractivity (Wildman–Crippen MR) is 77.9 cm³/mol. The predicted octanol–water partition coefficient (Wildman–Crippen LogP) is 2.31. The number of rotatable bonds is 2. The van der Waals surface area contributed by atoms with Crippen molar-refractivity contribution in [1.82, 2.24) is 0 Å². The van der Waals surface area contributed by atoms with Crippen molar-refractivity contribution in [2.24, 2.45) is 0 Å². The molecule has 2 amide bonds. The molecule has 2 aromatic carbocycles. The molecule has 0 aliphatic carbocycles. The normalized spacial score (nSPS) is 12.2. The van der Waals surface area contributed by atoms with Crippen molar-refractivity contribution in [2.75, 3.05) is 10.6 Å². The van der Waals surface area contributed by atoms with Crippen LogP contribution >= 0.6 is 0 Å². The van der Waals surface area contributed by atoms with Gasteiger partial charge in [0.05, 0.1) is 18.1 Å². The molecule has 0 saturated carbocycles. The number of amides is 2. The lowest BCUT2D eigenvalue weighted by molar-refractivity contribution is -0.115. The van der Waals surface area contributed by atoms with Crippen molar-refractivity contribution in [3.05, 3.63) is 59.2 Å². The minimum atomic E-state index is -0.271. The molecule has 1 aliphatic heterocycles. The molecule has 0 radical (unpaired) electrons. The van der Waals surface area contributed by atoms with Gasteiger partial charge in [0, 0.05) is 16.9 Å². The molecule has 5 nitrogen and oxygen atoms in total. The number of fused-ring (bicyclic) bond motifs is 1. The molecule has 5 heteroatoms. The Balaban J connectivity index is 1.81. The van der Waals surface area contributed by atoms with Crippen LogP contribution in [0.15, 0.2) is 42.5 Å². The van der Waals surface area contributed by atoms with Gasteiger partial charge in [0.1, 0.15) is 0 Å². The van der Waals surface area contributed by atoms with Crippen molar-refractivity contribution in [3.8, 4) is 6.07 Å². The van der Waals surface area contributed by atoms with Gasteiger partial charge in [0.2, 0.25) is 5.91 Å². The summed E-state index contributed by atoms with van der Waals surface area (Å²) in [5, 5.41) is 14.3. The van der Waals surface area contributed by atoms with E-state index in [1.54, 1.807) is 42.5 Å². The van der Waals surface area contributed by atoms with Gasteiger partial charge in [-0.15, -0.1) is 0 Å². The summed E-state index contributed by atoms with van der Waals surface area (Å²) in [5.74, 6) is -0.337. The summed E-state index contributed by atoms with van der Waals surface area (Å²) in [6.45, 7) is 0. The number of nitriles is 1. The van der Waals surface area contributed by atoms with E-state index in [2.05, 4.69) is 10.6 Å². The first-order valence-electron chi connectivity index (χ1n) is 6.40. The van der Waals surface area contributed by atoms with Crippen LogP contribution < -0.4 is 10.6 Å². The molecular formula is C16H11N3O2. The maximum Gasteiger partial charge on any atom is 0.255 e. The smallest absolute Gasteiger partial charge is 0.255 e. The molecule has 0 unspecified atom stereocenters. The molecule has 0 spiro atoms. The second-order valence-electron chi connectivity index (χ2n) is 4.74. The van der Waals surface area contributed by atoms with Crippen molar-refractivity contribution in [3.63, 3.8) is 0 Å². The molecule has 0 aromatic heterocycles. The molecule has 21 heavy (non-hydrogen) atoms. The van der Waals surface area contributed by atoms with E-state index < -0.39 is 0 Å². The standard InChI is InChI=1S/C16H11N3O2/c17-9-10-2-1-3-13(6-10)18-16(21)11-4-5-14-12(7-11)8-15(20)19-14/h1-7H,8H2,(H,18,21)(H,19,20). The molecule has 0 atom stereocenters. The van der Waals surface area contributed by atoms with Crippen LogP contribution in [0.4, 0.5) is 11.4 Å². The van der Waals surface area contributed by atoms with Crippen LogP contribution in [0, 0.1) is 11.3 Å². The molecule has 1 heterocycles. The molecular weight excluding hydrogens is 266 g/mol. The monoisotopic (exact) mass is 277 g/mol. The minimum Gasteiger partial charge on any atom is -0.326 e. The number of carbonyl (C=O) groups is 2. The van der Waals surface area contributed by atoms with E-state index in [1.165, 1.54) is 0 Å². The topological polar surface area (TPSA) is 82.0 Å². The molecule has 2 aromatic rings. The zero-order valence-corrected chi connectivity index (χ0v) is 11.0. The first kappa shape index (κ1) is 12.9. The van der Waals surface area contributed by atoms with Crippen LogP contribution in [0.1, 0.15) is 21.5 Å². The van der Waals surface area contributed by atoms with E-state index in [0.29, 0.717) is 23.2 Å². The van der Waals surface area contributed by atoms with Gasteiger partial charge in [0.15, 0.2) is 0 Å². The van der Waals surface area contributed by atoms with Crippen molar-refractivity contribution in [2.45, 2.75) is 6.42 Å². The number of nitrogens with one attached hydrogen (secondary N) is 2. The third kappa shape index (κ3) is 2.60. The SMILES string of the molecule is N#Cc1cccc(NC(=O)c2ccc3c(c2)CC(=O)N3)c1. The Hall–Kier alpha value is -3.13. The van der Waals surface area contributed by atoms with Crippen LogP contribution in [0.25, 0.3) is 0 Å². The molecule has 1 aliphatic rings. The van der Waals surface area contributed by atoms with Crippen molar-refractivity contribution >= 4 is 23.2 Å². The van der Waals surface area contributed by atoms with E-state index in [9.17, 15) is 9.59 Å². The third-order valence-electron chi connectivity index (χ3n) is 3.24. The van der Waals surface area contributed by atoms with Gasteiger partial charge in [-0.05, 0) is 42.0 Å². The summed E-state index contributed by atoms with van der Waals surface area (Å²) in [6.07, 6.45) is 0.292. The van der Waals surface area contributed by atoms with Crippen LogP contribution in [0.2, 0.25) is 0 Å². The second-order valence-corrected chi connectivity index (χ2v) is 4.74. The number of benzene rings is 2. The van der Waals surface area contributed by atoms with E-state index >= 15 is 0 Å². The first-order valence-corrected chi connectivity index (χ1v) is 6.40. The van der Waals surface area contributed by atoms with E-state index in [-0.39, 0.29) is 11.8 Å². The maximum atomic E-state index is 12.2. The molecule has 2 N–H and O–H groups in total. The fourth-order valence-corrected chi connectivity index (χ4v) is 2.24. The Morgan fingerprint density at radius 2 is 2.10 bits per heavy atom. The molecule has 0 fully saturated rings. The summed E-state index contributed by atoms with van der Waals surface area (Å²) in [6, 6.07) is 13.8. The first-order chi connectivity index (χ1) is 10.2. The van der Waals surface area contributed by atoms with Crippen molar-refractivity contribution in [1.29, 1.82) is 5.26 Å². The Morgan fingerprint density at radius 1 is 1.24 bits per heavy atom. The Bertz CT molecular complexity index is 790. The Kier molecular flexibility index (Phi) is 3.13. The lowest BCUT2D eigenvalue weighted by Crippen LogP contribution is -2.12. The van der Waals surface area contributed by atoms with Crippen LogP contribution in [-0.4, -0.2) is 11.8 Å². The van der Waals surface area contributed by atoms with Crippen LogP contribution in [0.5, 0.6) is 0 Å². The van der Waals surface area contributed by atoms with Gasteiger partial charge in [-0.25, -0.2) is 0 Å². The van der Waals surface area contributed by atoms with E-state index in [4.69, 9.17) is 5.26 Å². The number of anilines is 2. The summed E-state index contributed by atoms with van der Waals surface area (Å²) < 4.78 is 0. The number of hydrogen-bond donors (Lipinski definition) is 2. The number of hydrogen-bond acceptors (Lipinski definition) is 3. The molecule has 102 valence electrons. The molecule has 0 bridgehead atoms. The average molecular weight is 277 g/mol. The van der Waals surface area contributed by atoms with Gasteiger partial charge in [-0.1, -0.05) is 6.07 Å². The highest BCUT2D eigenvalue weighted by Crippen LogP contribution is 2.24. The van der Waals surface area contributed by atoms with Gasteiger partial charge in [-0.3, -0.25) is 9.59 Å². The highest BCUT2D eigenvalue weighted by Gasteiger charge is 2.19. The van der Waals surface area contributed by atoms with Gasteiger partial charge < -0.3 is 10.6 Å². The van der Waals surface area contributed by atoms with Crippen LogP contribution in [0.3, 0.4) is 0 Å². The Morgan fingerprint density at radius 3 is 2.90 bits per heavy atom. The zero-order valence-electron chi connectivity index (χ0n) is 11.0. The lowest BCUT2D eigenvalue weighted by Gasteiger charge is -2.07. The number of carbonyl (C=O) groups excluding carboxylic acids is 2. The van der Waals surface area contributed by atoms with Crippen molar-refractivity contribution < 1.29 is 9.59 Å². The summed E-state index contributed by atoms with van der Waals surface area (Å²) in [5.41, 5.74) is 3.10. The van der Waals surface area contributed by atoms with Gasteiger partial charge >= 0.3 is 0 Å². The fraction of sp³-hybridized carbons (Fsp3) is 0.0625. The highest BCUT2D eigenvalue weighted by molar-refractivity contribution is 6.06. The highest BCUT2D eigenvalue weighted by atomic mass is 16.2. The third-order valence-corrected chi connectivity index (χ3v) is 3.24. The quantitative estimate of drug-likeness (QED) is 0.883. The summed E-state index contributed by atoms with van der Waals surface area (Å²) in [4.78, 5) is 23.5. The average Bonchev–Trinajstić information content (AvgIpc) is 2.86. The maximum absolute atomic E-state index is 12.2. The largest absolute Gasteiger partial charge is 0.326 e.